The molecule has 1 aliphatic heterocycles. The second kappa shape index (κ2) is 6.06. The molecule has 0 aromatic heterocycles. The maximum Gasteiger partial charge on any atom is 0.461 e. The summed E-state index contributed by atoms with van der Waals surface area (Å²) in [7, 11) is -0.374. The molecule has 0 amide bonds. The van der Waals surface area contributed by atoms with E-state index in [0.717, 1.165) is 0 Å². The minimum atomic E-state index is -0.374. The van der Waals surface area contributed by atoms with Crippen molar-refractivity contribution in [2.75, 3.05) is 6.61 Å². The minimum Gasteiger partial charge on any atom is -0.465 e. The fourth-order valence-corrected chi connectivity index (χ4v) is 1.93. The van der Waals surface area contributed by atoms with Crippen LogP contribution in [0, 0.1) is 11.8 Å². The molecule has 0 radical (unpaired) electrons. The molecule has 2 atom stereocenters. The van der Waals surface area contributed by atoms with Gasteiger partial charge in [-0.2, -0.15) is 0 Å². The van der Waals surface area contributed by atoms with Crippen LogP contribution in [0.3, 0.4) is 0 Å². The van der Waals surface area contributed by atoms with Crippen LogP contribution in [0.25, 0.3) is 0 Å². The van der Waals surface area contributed by atoms with Crippen LogP contribution in [0.15, 0.2) is 0 Å². The summed E-state index contributed by atoms with van der Waals surface area (Å²) in [5, 5.41) is 0. The molecule has 116 valence electrons. The van der Waals surface area contributed by atoms with Gasteiger partial charge in [-0.3, -0.25) is 4.79 Å². The maximum atomic E-state index is 12.0. The van der Waals surface area contributed by atoms with E-state index in [1.807, 2.05) is 55.4 Å². The van der Waals surface area contributed by atoms with Gasteiger partial charge in [-0.15, -0.1) is 0 Å². The smallest absolute Gasteiger partial charge is 0.461 e. The van der Waals surface area contributed by atoms with Crippen molar-refractivity contribution in [1.29, 1.82) is 0 Å². The molecule has 1 aliphatic rings. The topological polar surface area (TPSA) is 44.8 Å². The van der Waals surface area contributed by atoms with E-state index >= 15 is 0 Å². The Morgan fingerprint density at radius 1 is 1.05 bits per heavy atom. The summed E-state index contributed by atoms with van der Waals surface area (Å²) in [6, 6.07) is 0. The molecule has 0 unspecified atom stereocenters. The zero-order valence-corrected chi connectivity index (χ0v) is 14.1. The summed E-state index contributed by atoms with van der Waals surface area (Å²) in [6.45, 7) is 16.4. The highest BCUT2D eigenvalue weighted by atomic mass is 16.7. The Morgan fingerprint density at radius 3 is 1.90 bits per heavy atom. The lowest BCUT2D eigenvalue weighted by atomic mass is 9.66. The van der Waals surface area contributed by atoms with Crippen LogP contribution in [0.4, 0.5) is 0 Å². The van der Waals surface area contributed by atoms with Gasteiger partial charge in [0.05, 0.1) is 23.7 Å². The normalized spacial score (nSPS) is 23.8. The number of carbonyl (C=O) groups is 1. The first-order chi connectivity index (χ1) is 8.98. The lowest BCUT2D eigenvalue weighted by Gasteiger charge is -2.32. The molecular weight excluding hydrogens is 255 g/mol. The Labute approximate surface area is 123 Å². The van der Waals surface area contributed by atoms with E-state index in [2.05, 4.69) is 0 Å². The highest BCUT2D eigenvalue weighted by Crippen LogP contribution is 2.41. The third kappa shape index (κ3) is 3.76. The maximum absolute atomic E-state index is 12.0. The molecule has 1 fully saturated rings. The van der Waals surface area contributed by atoms with Crippen molar-refractivity contribution >= 4 is 13.1 Å². The fraction of sp³-hybridized carbons (Fsp3) is 0.933. The summed E-state index contributed by atoms with van der Waals surface area (Å²) < 4.78 is 17.3. The Bertz CT molecular complexity index is 336. The molecule has 4 nitrogen and oxygen atoms in total. The van der Waals surface area contributed by atoms with E-state index in [-0.39, 0.29) is 36.0 Å². The molecule has 20 heavy (non-hydrogen) atoms. The van der Waals surface area contributed by atoms with E-state index in [1.54, 1.807) is 0 Å². The first-order valence-corrected chi connectivity index (χ1v) is 7.50. The number of carbonyl (C=O) groups excluding carboxylic acids is 1. The Morgan fingerprint density at radius 2 is 1.50 bits per heavy atom. The molecule has 0 N–H and O–H groups in total. The number of esters is 1. The van der Waals surface area contributed by atoms with E-state index in [9.17, 15) is 4.79 Å². The minimum absolute atomic E-state index is 0.0456. The predicted octanol–water partition coefficient (Wildman–Crippen LogP) is 3.30. The van der Waals surface area contributed by atoms with Crippen LogP contribution in [-0.4, -0.2) is 30.9 Å². The van der Waals surface area contributed by atoms with Crippen LogP contribution < -0.4 is 0 Å². The van der Waals surface area contributed by atoms with Crippen molar-refractivity contribution < 1.29 is 18.8 Å². The van der Waals surface area contributed by atoms with Gasteiger partial charge >= 0.3 is 13.1 Å². The van der Waals surface area contributed by atoms with E-state index in [0.29, 0.717) is 12.5 Å². The molecule has 0 spiro atoms. The Kier molecular flexibility index (Phi) is 5.31. The molecule has 5 heteroatoms. The molecule has 1 rings (SSSR count). The molecule has 0 aliphatic carbocycles. The summed E-state index contributed by atoms with van der Waals surface area (Å²) in [5.41, 5.74) is -0.735. The molecule has 0 bridgehead atoms. The predicted molar refractivity (Wildman–Crippen MR) is 80.5 cm³/mol. The SMILES string of the molecule is CC(C)COC(=O)[C@H](C)[C@H](C)B1OC(C)(C)C(C)(C)O1. The van der Waals surface area contributed by atoms with E-state index in [4.69, 9.17) is 14.0 Å². The second-order valence-corrected chi connectivity index (χ2v) is 7.30. The van der Waals surface area contributed by atoms with Gasteiger partial charge < -0.3 is 14.0 Å². The summed E-state index contributed by atoms with van der Waals surface area (Å²) >= 11 is 0. The summed E-state index contributed by atoms with van der Waals surface area (Å²) in [5.74, 6) is -0.127. The standard InChI is InChI=1S/C15H29BO4/c1-10(2)9-18-13(17)11(3)12(4)16-19-14(5,6)15(7,8)20-16/h10-12H,9H2,1-8H3/t11-,12+/m1/s1. The van der Waals surface area contributed by atoms with Crippen LogP contribution in [0.5, 0.6) is 0 Å². The van der Waals surface area contributed by atoms with Crippen LogP contribution in [-0.2, 0) is 18.8 Å². The third-order valence-corrected chi connectivity index (χ3v) is 4.42. The second-order valence-electron chi connectivity index (χ2n) is 7.30. The van der Waals surface area contributed by atoms with Crippen LogP contribution >= 0.6 is 0 Å². The number of hydrogen-bond acceptors (Lipinski definition) is 4. The third-order valence-electron chi connectivity index (χ3n) is 4.42. The number of hydrogen-bond donors (Lipinski definition) is 0. The first kappa shape index (κ1) is 17.5. The van der Waals surface area contributed by atoms with Crippen molar-refractivity contribution in [3.8, 4) is 0 Å². The van der Waals surface area contributed by atoms with Crippen molar-refractivity contribution in [3.63, 3.8) is 0 Å². The molecular formula is C15H29BO4. The average Bonchev–Trinajstić information content (AvgIpc) is 2.53. The van der Waals surface area contributed by atoms with Crippen molar-refractivity contribution in [2.24, 2.45) is 11.8 Å². The van der Waals surface area contributed by atoms with Gasteiger partial charge in [-0.1, -0.05) is 27.7 Å². The lowest BCUT2D eigenvalue weighted by molar-refractivity contribution is -0.149. The summed E-state index contributed by atoms with van der Waals surface area (Å²) in [4.78, 5) is 12.0. The first-order valence-electron chi connectivity index (χ1n) is 7.50. The monoisotopic (exact) mass is 284 g/mol. The molecule has 1 saturated heterocycles. The van der Waals surface area contributed by atoms with Crippen molar-refractivity contribution in [1.82, 2.24) is 0 Å². The Balaban J connectivity index is 2.62. The largest absolute Gasteiger partial charge is 0.465 e. The molecule has 0 aromatic carbocycles. The van der Waals surface area contributed by atoms with E-state index in [1.165, 1.54) is 0 Å². The quantitative estimate of drug-likeness (QED) is 0.574. The van der Waals surface area contributed by atoms with Gasteiger partial charge in [-0.05, 0) is 33.6 Å². The van der Waals surface area contributed by atoms with Gasteiger partial charge in [-0.25, -0.2) is 0 Å². The molecule has 0 saturated carbocycles. The molecule has 0 aromatic rings. The highest BCUT2D eigenvalue weighted by Gasteiger charge is 2.54. The van der Waals surface area contributed by atoms with Gasteiger partial charge in [0.15, 0.2) is 0 Å². The zero-order valence-electron chi connectivity index (χ0n) is 14.1. The van der Waals surface area contributed by atoms with Crippen LogP contribution in [0.2, 0.25) is 5.82 Å². The Hall–Kier alpha value is -0.545. The highest BCUT2D eigenvalue weighted by molar-refractivity contribution is 6.47. The van der Waals surface area contributed by atoms with E-state index < -0.39 is 0 Å². The van der Waals surface area contributed by atoms with Gasteiger partial charge in [0.1, 0.15) is 0 Å². The fourth-order valence-electron chi connectivity index (χ4n) is 1.93. The van der Waals surface area contributed by atoms with Crippen LogP contribution in [0.1, 0.15) is 55.4 Å². The van der Waals surface area contributed by atoms with Crippen molar-refractivity contribution in [2.45, 2.75) is 72.4 Å². The summed E-state index contributed by atoms with van der Waals surface area (Å²) in [6.07, 6.45) is 0. The van der Waals surface area contributed by atoms with Crippen molar-refractivity contribution in [3.05, 3.63) is 0 Å². The average molecular weight is 284 g/mol. The number of ether oxygens (including phenoxy) is 1. The van der Waals surface area contributed by atoms with Gasteiger partial charge in [0.25, 0.3) is 0 Å². The lowest BCUT2D eigenvalue weighted by Crippen LogP contribution is -2.41. The van der Waals surface area contributed by atoms with Gasteiger partial charge in [0.2, 0.25) is 0 Å². The van der Waals surface area contributed by atoms with Gasteiger partial charge in [0, 0.05) is 5.82 Å². The molecule has 1 heterocycles. The number of rotatable bonds is 5. The zero-order chi connectivity index (χ0) is 15.7.